The van der Waals surface area contributed by atoms with Crippen molar-refractivity contribution in [3.63, 3.8) is 0 Å². The fraction of sp³-hybridized carbons (Fsp3) is 0.533. The van der Waals surface area contributed by atoms with Crippen LogP contribution in [-0.4, -0.2) is 25.7 Å². The summed E-state index contributed by atoms with van der Waals surface area (Å²) in [6, 6.07) is 8.21. The van der Waals surface area contributed by atoms with Gasteiger partial charge in [0.15, 0.2) is 0 Å². The number of carbonyl (C=O) groups excluding carboxylic acids is 1. The van der Waals surface area contributed by atoms with Crippen LogP contribution in [0.2, 0.25) is 0 Å². The highest BCUT2D eigenvalue weighted by Gasteiger charge is 2.33. The molecule has 1 aliphatic rings. The van der Waals surface area contributed by atoms with E-state index in [0.29, 0.717) is 0 Å². The number of carbonyl (C=O) groups is 1. The molecule has 2 rings (SSSR count). The Morgan fingerprint density at radius 1 is 1.47 bits per heavy atom. The van der Waals surface area contributed by atoms with Gasteiger partial charge in [-0.1, -0.05) is 19.1 Å². The predicted molar refractivity (Wildman–Crippen MR) is 76.1 cm³/mol. The molecule has 1 amide bonds. The van der Waals surface area contributed by atoms with Gasteiger partial charge in [-0.2, -0.15) is 0 Å². The molecule has 0 bridgehead atoms. The van der Waals surface area contributed by atoms with Crippen LogP contribution in [0.3, 0.4) is 0 Å². The van der Waals surface area contributed by atoms with E-state index in [-0.39, 0.29) is 17.4 Å². The quantitative estimate of drug-likeness (QED) is 0.856. The molecule has 1 saturated heterocycles. The SMILES string of the molecule is CC(=O)Nc1cccc(C(C)NCC2(C)COC2)c1. The fourth-order valence-electron chi connectivity index (χ4n) is 2.16. The Labute approximate surface area is 114 Å². The monoisotopic (exact) mass is 262 g/mol. The lowest BCUT2D eigenvalue weighted by atomic mass is 9.88. The number of anilines is 1. The van der Waals surface area contributed by atoms with Crippen LogP contribution < -0.4 is 10.6 Å². The third-order valence-electron chi connectivity index (χ3n) is 3.44. The molecule has 1 heterocycles. The number of benzene rings is 1. The average Bonchev–Trinajstić information content (AvgIpc) is 2.33. The summed E-state index contributed by atoms with van der Waals surface area (Å²) in [6.07, 6.45) is 0. The fourth-order valence-corrected chi connectivity index (χ4v) is 2.16. The van der Waals surface area contributed by atoms with Crippen molar-refractivity contribution in [3.8, 4) is 0 Å². The number of hydrogen-bond acceptors (Lipinski definition) is 3. The molecule has 0 radical (unpaired) electrons. The molecular formula is C15H22N2O2. The second-order valence-electron chi connectivity index (χ2n) is 5.71. The molecule has 0 saturated carbocycles. The molecule has 1 aliphatic heterocycles. The third-order valence-corrected chi connectivity index (χ3v) is 3.44. The van der Waals surface area contributed by atoms with Crippen molar-refractivity contribution in [2.45, 2.75) is 26.8 Å². The molecule has 0 aliphatic carbocycles. The number of nitrogens with one attached hydrogen (secondary N) is 2. The summed E-state index contributed by atoms with van der Waals surface area (Å²) in [4.78, 5) is 11.1. The molecule has 2 N–H and O–H groups in total. The maximum atomic E-state index is 11.1. The van der Waals surface area contributed by atoms with Crippen LogP contribution in [0.25, 0.3) is 0 Å². The Hall–Kier alpha value is -1.39. The highest BCUT2D eigenvalue weighted by atomic mass is 16.5. The van der Waals surface area contributed by atoms with E-state index in [9.17, 15) is 4.79 Å². The lowest BCUT2D eigenvalue weighted by molar-refractivity contribution is -0.114. The van der Waals surface area contributed by atoms with Gasteiger partial charge in [0.25, 0.3) is 0 Å². The first-order valence-electron chi connectivity index (χ1n) is 6.67. The molecule has 1 unspecified atom stereocenters. The molecule has 4 nitrogen and oxygen atoms in total. The van der Waals surface area contributed by atoms with E-state index >= 15 is 0 Å². The summed E-state index contributed by atoms with van der Waals surface area (Å²) < 4.78 is 5.25. The zero-order valence-corrected chi connectivity index (χ0v) is 11.8. The van der Waals surface area contributed by atoms with Crippen molar-refractivity contribution in [2.75, 3.05) is 25.1 Å². The van der Waals surface area contributed by atoms with Gasteiger partial charge in [-0.15, -0.1) is 0 Å². The molecule has 1 fully saturated rings. The van der Waals surface area contributed by atoms with E-state index in [2.05, 4.69) is 30.5 Å². The zero-order valence-electron chi connectivity index (χ0n) is 11.8. The molecular weight excluding hydrogens is 240 g/mol. The molecule has 0 spiro atoms. The van der Waals surface area contributed by atoms with Crippen LogP contribution in [-0.2, 0) is 9.53 Å². The molecule has 1 atom stereocenters. The van der Waals surface area contributed by atoms with Crippen LogP contribution in [0.5, 0.6) is 0 Å². The minimum Gasteiger partial charge on any atom is -0.380 e. The van der Waals surface area contributed by atoms with Crippen LogP contribution in [0.1, 0.15) is 32.4 Å². The minimum atomic E-state index is -0.0445. The molecule has 4 heteroatoms. The van der Waals surface area contributed by atoms with Crippen LogP contribution >= 0.6 is 0 Å². The van der Waals surface area contributed by atoms with Gasteiger partial charge in [-0.25, -0.2) is 0 Å². The Kier molecular flexibility index (Phi) is 4.22. The van der Waals surface area contributed by atoms with Crippen molar-refractivity contribution < 1.29 is 9.53 Å². The van der Waals surface area contributed by atoms with E-state index in [1.165, 1.54) is 12.5 Å². The summed E-state index contributed by atoms with van der Waals surface area (Å²) in [5, 5.41) is 6.34. The van der Waals surface area contributed by atoms with Gasteiger partial charge < -0.3 is 15.4 Å². The molecule has 19 heavy (non-hydrogen) atoms. The first-order valence-corrected chi connectivity index (χ1v) is 6.67. The van der Waals surface area contributed by atoms with Gasteiger partial charge in [0.2, 0.25) is 5.91 Å². The summed E-state index contributed by atoms with van der Waals surface area (Å²) in [7, 11) is 0. The maximum absolute atomic E-state index is 11.1. The number of rotatable bonds is 5. The minimum absolute atomic E-state index is 0.0445. The Morgan fingerprint density at radius 2 is 2.21 bits per heavy atom. The average molecular weight is 262 g/mol. The standard InChI is InChI=1S/C15H22N2O2/c1-11(16-8-15(3)9-19-10-15)13-5-4-6-14(7-13)17-12(2)18/h4-7,11,16H,8-10H2,1-3H3,(H,17,18). The van der Waals surface area contributed by atoms with Crippen LogP contribution in [0.4, 0.5) is 5.69 Å². The number of ether oxygens (including phenoxy) is 1. The lowest BCUT2D eigenvalue weighted by Gasteiger charge is -2.39. The topological polar surface area (TPSA) is 50.4 Å². The lowest BCUT2D eigenvalue weighted by Crippen LogP contribution is -2.47. The van der Waals surface area contributed by atoms with Crippen molar-refractivity contribution in [1.29, 1.82) is 0 Å². The van der Waals surface area contributed by atoms with Crippen LogP contribution in [0.15, 0.2) is 24.3 Å². The van der Waals surface area contributed by atoms with E-state index < -0.39 is 0 Å². The zero-order chi connectivity index (χ0) is 13.9. The summed E-state index contributed by atoms with van der Waals surface area (Å²) in [5.41, 5.74) is 2.29. The Morgan fingerprint density at radius 3 is 2.79 bits per heavy atom. The summed E-state index contributed by atoms with van der Waals surface area (Å²) in [5.74, 6) is -0.0445. The summed E-state index contributed by atoms with van der Waals surface area (Å²) >= 11 is 0. The summed E-state index contributed by atoms with van der Waals surface area (Å²) in [6.45, 7) is 8.49. The van der Waals surface area contributed by atoms with Gasteiger partial charge in [0.1, 0.15) is 0 Å². The predicted octanol–water partition coefficient (Wildman–Crippen LogP) is 2.33. The number of amides is 1. The highest BCUT2D eigenvalue weighted by Crippen LogP contribution is 2.26. The molecule has 0 aromatic heterocycles. The van der Waals surface area contributed by atoms with Crippen molar-refractivity contribution >= 4 is 11.6 Å². The van der Waals surface area contributed by atoms with Gasteiger partial charge in [0, 0.05) is 30.6 Å². The Bertz CT molecular complexity index is 455. The first-order chi connectivity index (χ1) is 8.98. The van der Waals surface area contributed by atoms with Crippen molar-refractivity contribution in [3.05, 3.63) is 29.8 Å². The highest BCUT2D eigenvalue weighted by molar-refractivity contribution is 5.88. The largest absolute Gasteiger partial charge is 0.380 e. The third kappa shape index (κ3) is 3.78. The van der Waals surface area contributed by atoms with Gasteiger partial charge in [-0.3, -0.25) is 4.79 Å². The second kappa shape index (κ2) is 5.72. The van der Waals surface area contributed by atoms with Crippen molar-refractivity contribution in [2.24, 2.45) is 5.41 Å². The smallest absolute Gasteiger partial charge is 0.221 e. The van der Waals surface area contributed by atoms with E-state index in [1.54, 1.807) is 0 Å². The van der Waals surface area contributed by atoms with Gasteiger partial charge >= 0.3 is 0 Å². The van der Waals surface area contributed by atoms with E-state index in [4.69, 9.17) is 4.74 Å². The van der Waals surface area contributed by atoms with Crippen LogP contribution in [0, 0.1) is 5.41 Å². The van der Waals surface area contributed by atoms with Gasteiger partial charge in [-0.05, 0) is 24.6 Å². The molecule has 104 valence electrons. The van der Waals surface area contributed by atoms with Crippen molar-refractivity contribution in [1.82, 2.24) is 5.32 Å². The van der Waals surface area contributed by atoms with Gasteiger partial charge in [0.05, 0.1) is 13.2 Å². The number of hydrogen-bond donors (Lipinski definition) is 2. The Balaban J connectivity index is 1.94. The normalized spacial score (nSPS) is 18.5. The molecule has 1 aromatic rings. The van der Waals surface area contributed by atoms with E-state index in [1.807, 2.05) is 18.2 Å². The molecule has 1 aromatic carbocycles. The first kappa shape index (κ1) is 14.0. The van der Waals surface area contributed by atoms with E-state index in [0.717, 1.165) is 25.4 Å². The second-order valence-corrected chi connectivity index (χ2v) is 5.71. The maximum Gasteiger partial charge on any atom is 0.221 e.